The molecule has 2 aromatic carbocycles. The maximum atomic E-state index is 10.7. The quantitative estimate of drug-likeness (QED) is 0.836. The average molecular weight is 256 g/mol. The summed E-state index contributed by atoms with van der Waals surface area (Å²) in [7, 11) is 0. The molecule has 0 aliphatic carbocycles. The lowest BCUT2D eigenvalue weighted by atomic mass is 10.1. The van der Waals surface area contributed by atoms with Crippen LogP contribution < -0.4 is 4.74 Å². The molecule has 0 radical (unpaired) electrons. The summed E-state index contributed by atoms with van der Waals surface area (Å²) in [6, 6.07) is 12.9. The molecule has 0 aliphatic heterocycles. The van der Waals surface area contributed by atoms with Crippen molar-refractivity contribution in [1.29, 1.82) is 0 Å². The van der Waals surface area contributed by atoms with E-state index in [1.165, 1.54) is 0 Å². The Balaban J connectivity index is 2.14. The lowest BCUT2D eigenvalue weighted by molar-refractivity contribution is 0.112. The molecule has 3 heteroatoms. The molecule has 0 amide bonds. The van der Waals surface area contributed by atoms with Gasteiger partial charge in [-0.15, -0.1) is 0 Å². The highest BCUT2D eigenvalue weighted by molar-refractivity contribution is 5.75. The second-order valence-corrected chi connectivity index (χ2v) is 4.36. The molecule has 1 N–H and O–H groups in total. The zero-order valence-electron chi connectivity index (χ0n) is 10.8. The van der Waals surface area contributed by atoms with Crippen LogP contribution in [-0.2, 0) is 6.42 Å². The van der Waals surface area contributed by atoms with Crippen LogP contribution in [0.15, 0.2) is 42.5 Å². The van der Waals surface area contributed by atoms with Gasteiger partial charge in [0.2, 0.25) is 0 Å². The van der Waals surface area contributed by atoms with Crippen LogP contribution in [0.3, 0.4) is 0 Å². The molecule has 98 valence electrons. The number of aliphatic hydroxyl groups excluding tert-OH is 1. The smallest absolute Gasteiger partial charge is 0.150 e. The summed E-state index contributed by atoms with van der Waals surface area (Å²) in [5, 5.41) is 8.85. The molecule has 0 unspecified atom stereocenters. The molecular formula is C16H16O3. The Morgan fingerprint density at radius 1 is 1.16 bits per heavy atom. The van der Waals surface area contributed by atoms with Crippen molar-refractivity contribution in [2.75, 3.05) is 6.61 Å². The van der Waals surface area contributed by atoms with E-state index in [-0.39, 0.29) is 6.61 Å². The summed E-state index contributed by atoms with van der Waals surface area (Å²) < 4.78 is 5.76. The highest BCUT2D eigenvalue weighted by Gasteiger charge is 2.03. The molecule has 2 rings (SSSR count). The number of aldehydes is 1. The Labute approximate surface area is 112 Å². The van der Waals surface area contributed by atoms with Crippen molar-refractivity contribution >= 4 is 6.29 Å². The average Bonchev–Trinajstić information content (AvgIpc) is 2.43. The molecule has 0 bridgehead atoms. The molecule has 2 aromatic rings. The summed E-state index contributed by atoms with van der Waals surface area (Å²) in [6.07, 6.45) is 1.47. The fourth-order valence-corrected chi connectivity index (χ4v) is 1.84. The Kier molecular flexibility index (Phi) is 4.31. The number of aliphatic hydroxyl groups is 1. The number of aryl methyl sites for hydroxylation is 1. The number of rotatable bonds is 5. The first kappa shape index (κ1) is 13.3. The number of ether oxygens (including phenoxy) is 1. The van der Waals surface area contributed by atoms with E-state index in [1.54, 1.807) is 18.2 Å². The van der Waals surface area contributed by atoms with E-state index in [0.717, 1.165) is 28.9 Å². The second kappa shape index (κ2) is 6.16. The van der Waals surface area contributed by atoms with Gasteiger partial charge in [0.25, 0.3) is 0 Å². The number of hydrogen-bond acceptors (Lipinski definition) is 3. The topological polar surface area (TPSA) is 46.5 Å². The van der Waals surface area contributed by atoms with Crippen LogP contribution in [0.4, 0.5) is 0 Å². The summed E-state index contributed by atoms with van der Waals surface area (Å²) in [5.41, 5.74) is 2.63. The van der Waals surface area contributed by atoms with Crippen LogP contribution in [-0.4, -0.2) is 18.0 Å². The third-order valence-electron chi connectivity index (χ3n) is 2.89. The molecule has 0 spiro atoms. The fourth-order valence-electron chi connectivity index (χ4n) is 1.84. The second-order valence-electron chi connectivity index (χ2n) is 4.36. The highest BCUT2D eigenvalue weighted by atomic mass is 16.5. The van der Waals surface area contributed by atoms with Crippen LogP contribution in [0.5, 0.6) is 11.5 Å². The third-order valence-corrected chi connectivity index (χ3v) is 2.89. The Bertz CT molecular complexity index is 559. The van der Waals surface area contributed by atoms with Gasteiger partial charge in [0.1, 0.15) is 17.8 Å². The first-order valence-electron chi connectivity index (χ1n) is 6.16. The minimum absolute atomic E-state index is 0.145. The standard InChI is InChI=1S/C16H16O3/c1-12-10-14(11-18)4-7-16(12)19-15-5-2-13(3-6-15)8-9-17/h2-7,10-11,17H,8-9H2,1H3. The number of hydrogen-bond donors (Lipinski definition) is 1. The van der Waals surface area contributed by atoms with E-state index in [9.17, 15) is 4.79 Å². The van der Waals surface area contributed by atoms with E-state index in [4.69, 9.17) is 9.84 Å². The molecule has 19 heavy (non-hydrogen) atoms. The van der Waals surface area contributed by atoms with Gasteiger partial charge in [0.05, 0.1) is 0 Å². The molecule has 3 nitrogen and oxygen atoms in total. The lowest BCUT2D eigenvalue weighted by Gasteiger charge is -2.09. The predicted molar refractivity (Wildman–Crippen MR) is 73.9 cm³/mol. The summed E-state index contributed by atoms with van der Waals surface area (Å²) >= 11 is 0. The summed E-state index contributed by atoms with van der Waals surface area (Å²) in [4.78, 5) is 10.7. The normalized spacial score (nSPS) is 10.2. The molecule has 0 aromatic heterocycles. The van der Waals surface area contributed by atoms with Crippen LogP contribution in [0.25, 0.3) is 0 Å². The van der Waals surface area contributed by atoms with E-state index in [1.807, 2.05) is 31.2 Å². The van der Waals surface area contributed by atoms with Crippen LogP contribution >= 0.6 is 0 Å². The SMILES string of the molecule is Cc1cc(C=O)ccc1Oc1ccc(CCO)cc1. The third kappa shape index (κ3) is 3.42. The first-order valence-corrected chi connectivity index (χ1v) is 6.16. The number of benzene rings is 2. The van der Waals surface area contributed by atoms with Gasteiger partial charge in [-0.1, -0.05) is 12.1 Å². The van der Waals surface area contributed by atoms with Gasteiger partial charge in [-0.3, -0.25) is 4.79 Å². The van der Waals surface area contributed by atoms with Crippen molar-refractivity contribution in [3.63, 3.8) is 0 Å². The summed E-state index contributed by atoms with van der Waals surface area (Å²) in [5.74, 6) is 1.48. The van der Waals surface area contributed by atoms with Crippen LogP contribution in [0, 0.1) is 6.92 Å². The zero-order valence-corrected chi connectivity index (χ0v) is 10.8. The minimum atomic E-state index is 0.145. The maximum Gasteiger partial charge on any atom is 0.150 e. The number of carbonyl (C=O) groups excluding carboxylic acids is 1. The van der Waals surface area contributed by atoms with Crippen molar-refractivity contribution in [3.05, 3.63) is 59.2 Å². The Morgan fingerprint density at radius 2 is 1.89 bits per heavy atom. The monoisotopic (exact) mass is 256 g/mol. The highest BCUT2D eigenvalue weighted by Crippen LogP contribution is 2.25. The van der Waals surface area contributed by atoms with Gasteiger partial charge in [-0.25, -0.2) is 0 Å². The van der Waals surface area contributed by atoms with Crippen molar-refractivity contribution in [1.82, 2.24) is 0 Å². The molecule has 0 saturated carbocycles. The maximum absolute atomic E-state index is 10.7. The van der Waals surface area contributed by atoms with Gasteiger partial charge >= 0.3 is 0 Å². The molecule has 0 heterocycles. The van der Waals surface area contributed by atoms with Crippen LogP contribution in [0.2, 0.25) is 0 Å². The fraction of sp³-hybridized carbons (Fsp3) is 0.188. The predicted octanol–water partition coefficient (Wildman–Crippen LogP) is 3.13. The van der Waals surface area contributed by atoms with Crippen molar-refractivity contribution < 1.29 is 14.6 Å². The van der Waals surface area contributed by atoms with Gasteiger partial charge in [0.15, 0.2) is 0 Å². The number of carbonyl (C=O) groups is 1. The molecule has 0 aliphatic rings. The molecule has 0 fully saturated rings. The van der Waals surface area contributed by atoms with Crippen molar-refractivity contribution in [2.45, 2.75) is 13.3 Å². The van der Waals surface area contributed by atoms with Gasteiger partial charge < -0.3 is 9.84 Å². The van der Waals surface area contributed by atoms with Gasteiger partial charge in [0, 0.05) is 12.2 Å². The minimum Gasteiger partial charge on any atom is -0.457 e. The Hall–Kier alpha value is -2.13. The largest absolute Gasteiger partial charge is 0.457 e. The molecule has 0 saturated heterocycles. The molecule has 0 atom stereocenters. The van der Waals surface area contributed by atoms with Crippen molar-refractivity contribution in [2.24, 2.45) is 0 Å². The van der Waals surface area contributed by atoms with E-state index < -0.39 is 0 Å². The van der Waals surface area contributed by atoms with Gasteiger partial charge in [-0.2, -0.15) is 0 Å². The van der Waals surface area contributed by atoms with Gasteiger partial charge in [-0.05, 0) is 54.8 Å². The first-order chi connectivity index (χ1) is 9.22. The summed E-state index contributed by atoms with van der Waals surface area (Å²) in [6.45, 7) is 2.05. The lowest BCUT2D eigenvalue weighted by Crippen LogP contribution is -1.92. The van der Waals surface area contributed by atoms with Crippen LogP contribution in [0.1, 0.15) is 21.5 Å². The van der Waals surface area contributed by atoms with Crippen molar-refractivity contribution in [3.8, 4) is 11.5 Å². The van der Waals surface area contributed by atoms with E-state index >= 15 is 0 Å². The van der Waals surface area contributed by atoms with E-state index in [2.05, 4.69) is 0 Å². The molecular weight excluding hydrogens is 240 g/mol. The zero-order chi connectivity index (χ0) is 13.7. The van der Waals surface area contributed by atoms with E-state index in [0.29, 0.717) is 12.0 Å². The Morgan fingerprint density at radius 3 is 2.47 bits per heavy atom.